The molecule has 0 aromatic heterocycles. The molecule has 1 aromatic rings. The van der Waals surface area contributed by atoms with E-state index in [9.17, 15) is 9.59 Å². The van der Waals surface area contributed by atoms with E-state index >= 15 is 0 Å². The average molecular weight is 408 g/mol. The third-order valence-electron chi connectivity index (χ3n) is 5.56. The molecule has 3 rings (SSSR count). The Balaban J connectivity index is 1.63. The van der Waals surface area contributed by atoms with Gasteiger partial charge in [0.25, 0.3) is 5.91 Å². The van der Waals surface area contributed by atoms with Gasteiger partial charge in [0.15, 0.2) is 0 Å². The Kier molecular flexibility index (Phi) is 7.57. The summed E-state index contributed by atoms with van der Waals surface area (Å²) in [6.45, 7) is 5.44. The van der Waals surface area contributed by atoms with Crippen LogP contribution >= 0.6 is 11.6 Å². The second kappa shape index (κ2) is 10.1. The van der Waals surface area contributed by atoms with E-state index in [1.165, 1.54) is 0 Å². The van der Waals surface area contributed by atoms with Gasteiger partial charge in [0.1, 0.15) is 0 Å². The zero-order chi connectivity index (χ0) is 19.9. The number of ether oxygens (including phenoxy) is 1. The highest BCUT2D eigenvalue weighted by molar-refractivity contribution is 6.30. The summed E-state index contributed by atoms with van der Waals surface area (Å²) in [6.07, 6.45) is 4.26. The zero-order valence-electron chi connectivity index (χ0n) is 16.5. The number of nitrogens with one attached hydrogen (secondary N) is 1. The molecule has 2 heterocycles. The Morgan fingerprint density at radius 3 is 2.50 bits per heavy atom. The van der Waals surface area contributed by atoms with Gasteiger partial charge in [0.05, 0.1) is 0 Å². The van der Waals surface area contributed by atoms with Crippen molar-refractivity contribution in [3.8, 4) is 0 Å². The van der Waals surface area contributed by atoms with Gasteiger partial charge in [0.2, 0.25) is 0 Å². The van der Waals surface area contributed by atoms with E-state index in [-0.39, 0.29) is 24.0 Å². The van der Waals surface area contributed by atoms with E-state index < -0.39 is 0 Å². The van der Waals surface area contributed by atoms with Crippen molar-refractivity contribution in [2.75, 3.05) is 32.8 Å². The fraction of sp³-hybridized carbons (Fsp3) is 0.619. The molecule has 0 saturated carbocycles. The van der Waals surface area contributed by atoms with E-state index in [2.05, 4.69) is 12.2 Å². The number of amides is 3. The summed E-state index contributed by atoms with van der Waals surface area (Å²) in [7, 11) is 0. The van der Waals surface area contributed by atoms with Gasteiger partial charge >= 0.3 is 6.03 Å². The summed E-state index contributed by atoms with van der Waals surface area (Å²) in [4.78, 5) is 29.5. The van der Waals surface area contributed by atoms with Crippen LogP contribution in [0.4, 0.5) is 4.79 Å². The number of nitrogens with zero attached hydrogens (tertiary/aromatic N) is 2. The lowest BCUT2D eigenvalue weighted by molar-refractivity contribution is 0.0209. The number of urea groups is 1. The normalized spacial score (nSPS) is 18.7. The summed E-state index contributed by atoms with van der Waals surface area (Å²) in [5.74, 6) is 0.00833. The Hall–Kier alpha value is -1.79. The highest BCUT2D eigenvalue weighted by Gasteiger charge is 2.35. The van der Waals surface area contributed by atoms with Gasteiger partial charge in [0, 0.05) is 55.5 Å². The van der Waals surface area contributed by atoms with Crippen molar-refractivity contribution in [2.24, 2.45) is 0 Å². The number of carbonyl (C=O) groups excluding carboxylic acids is 2. The lowest BCUT2D eigenvalue weighted by atomic mass is 9.98. The lowest BCUT2D eigenvalue weighted by Crippen LogP contribution is -2.56. The molecule has 6 nitrogen and oxygen atoms in total. The number of halogens is 1. The van der Waals surface area contributed by atoms with Crippen LogP contribution in [-0.2, 0) is 4.74 Å². The monoisotopic (exact) mass is 407 g/mol. The minimum absolute atomic E-state index is 0.00833. The van der Waals surface area contributed by atoms with Crippen LogP contribution in [-0.4, -0.2) is 66.7 Å². The first-order valence-corrected chi connectivity index (χ1v) is 10.7. The van der Waals surface area contributed by atoms with Crippen LogP contribution < -0.4 is 5.32 Å². The minimum atomic E-state index is 0.00833. The van der Waals surface area contributed by atoms with E-state index in [4.69, 9.17) is 16.3 Å². The molecule has 28 heavy (non-hydrogen) atoms. The number of likely N-dealkylation sites (tertiary alicyclic amines) is 1. The molecule has 0 unspecified atom stereocenters. The number of hydrogen-bond donors (Lipinski definition) is 1. The summed E-state index contributed by atoms with van der Waals surface area (Å²) in [5.41, 5.74) is 0.618. The first-order chi connectivity index (χ1) is 13.6. The van der Waals surface area contributed by atoms with Gasteiger partial charge < -0.3 is 19.9 Å². The summed E-state index contributed by atoms with van der Waals surface area (Å²) < 4.78 is 5.48. The molecule has 2 saturated heterocycles. The van der Waals surface area contributed by atoms with Crippen LogP contribution in [0.5, 0.6) is 0 Å². The smallest absolute Gasteiger partial charge is 0.317 e. The van der Waals surface area contributed by atoms with Crippen LogP contribution in [0.3, 0.4) is 0 Å². The highest BCUT2D eigenvalue weighted by Crippen LogP contribution is 2.25. The maximum atomic E-state index is 12.9. The molecule has 2 aliphatic rings. The third kappa shape index (κ3) is 5.17. The fourth-order valence-electron chi connectivity index (χ4n) is 4.07. The molecule has 7 heteroatoms. The van der Waals surface area contributed by atoms with Gasteiger partial charge in [-0.25, -0.2) is 4.79 Å². The Labute approximate surface area is 172 Å². The van der Waals surface area contributed by atoms with Gasteiger partial charge in [-0.3, -0.25) is 4.79 Å². The molecule has 154 valence electrons. The molecule has 0 spiro atoms. The zero-order valence-corrected chi connectivity index (χ0v) is 17.3. The van der Waals surface area contributed by atoms with Crippen molar-refractivity contribution in [3.05, 3.63) is 34.9 Å². The van der Waals surface area contributed by atoms with Crippen molar-refractivity contribution in [1.29, 1.82) is 0 Å². The average Bonchev–Trinajstić information content (AvgIpc) is 2.73. The van der Waals surface area contributed by atoms with E-state index in [0.717, 1.165) is 32.1 Å². The van der Waals surface area contributed by atoms with Gasteiger partial charge in [-0.15, -0.1) is 0 Å². The van der Waals surface area contributed by atoms with Gasteiger partial charge in [-0.05, 0) is 50.3 Å². The molecule has 2 fully saturated rings. The fourth-order valence-corrected chi connectivity index (χ4v) is 4.26. The van der Waals surface area contributed by atoms with Crippen LogP contribution in [0.15, 0.2) is 24.3 Å². The van der Waals surface area contributed by atoms with Crippen molar-refractivity contribution in [2.45, 2.75) is 51.1 Å². The summed E-state index contributed by atoms with van der Waals surface area (Å²) in [5, 5.41) is 3.61. The topological polar surface area (TPSA) is 61.9 Å². The van der Waals surface area contributed by atoms with Crippen molar-refractivity contribution >= 4 is 23.5 Å². The van der Waals surface area contributed by atoms with Crippen molar-refractivity contribution < 1.29 is 14.3 Å². The lowest BCUT2D eigenvalue weighted by Gasteiger charge is -2.43. The molecule has 3 amide bonds. The maximum absolute atomic E-state index is 12.9. The number of hydrogen-bond acceptors (Lipinski definition) is 3. The summed E-state index contributed by atoms with van der Waals surface area (Å²) >= 11 is 6.02. The van der Waals surface area contributed by atoms with E-state index in [1.807, 2.05) is 9.80 Å². The second-order valence-corrected chi connectivity index (χ2v) is 7.95. The molecular weight excluding hydrogens is 378 g/mol. The van der Waals surface area contributed by atoms with Crippen LogP contribution in [0.2, 0.25) is 5.02 Å². The second-order valence-electron chi connectivity index (χ2n) is 7.52. The SMILES string of the molecule is CCCNC(=O)N(C1CCOCC1)C1CCN(C(=O)c2cccc(Cl)c2)CC1. The molecule has 0 bridgehead atoms. The van der Waals surface area contributed by atoms with Crippen LogP contribution in [0.25, 0.3) is 0 Å². The summed E-state index contributed by atoms with van der Waals surface area (Å²) in [6, 6.07) is 7.47. The molecule has 2 aliphatic heterocycles. The number of rotatable bonds is 5. The standard InChI is InChI=1S/C21H30ClN3O3/c1-2-10-23-21(27)25(19-8-13-28-14-9-19)18-6-11-24(12-7-18)20(26)16-4-3-5-17(22)15-16/h3-5,15,18-19H,2,6-14H2,1H3,(H,23,27). The maximum Gasteiger partial charge on any atom is 0.317 e. The third-order valence-corrected chi connectivity index (χ3v) is 5.80. The van der Waals surface area contributed by atoms with Gasteiger partial charge in [-0.2, -0.15) is 0 Å². The Bertz CT molecular complexity index is 671. The Morgan fingerprint density at radius 2 is 1.86 bits per heavy atom. The molecule has 0 aliphatic carbocycles. The van der Waals surface area contributed by atoms with Crippen LogP contribution in [0.1, 0.15) is 49.4 Å². The quantitative estimate of drug-likeness (QED) is 0.811. The van der Waals surface area contributed by atoms with E-state index in [0.29, 0.717) is 43.4 Å². The largest absolute Gasteiger partial charge is 0.381 e. The molecule has 0 atom stereocenters. The minimum Gasteiger partial charge on any atom is -0.381 e. The molecule has 1 aromatic carbocycles. The number of carbonyl (C=O) groups is 2. The van der Waals surface area contributed by atoms with Gasteiger partial charge in [-0.1, -0.05) is 24.6 Å². The van der Waals surface area contributed by atoms with Crippen molar-refractivity contribution in [3.63, 3.8) is 0 Å². The number of piperidine rings is 1. The van der Waals surface area contributed by atoms with E-state index in [1.54, 1.807) is 24.3 Å². The van der Waals surface area contributed by atoms with Crippen LogP contribution in [0, 0.1) is 0 Å². The highest BCUT2D eigenvalue weighted by atomic mass is 35.5. The predicted molar refractivity (Wildman–Crippen MR) is 110 cm³/mol. The first kappa shape index (κ1) is 20.9. The van der Waals surface area contributed by atoms with Crippen molar-refractivity contribution in [1.82, 2.24) is 15.1 Å². The molecule has 0 radical (unpaired) electrons. The predicted octanol–water partition coefficient (Wildman–Crippen LogP) is 3.55. The molecule has 1 N–H and O–H groups in total. The first-order valence-electron chi connectivity index (χ1n) is 10.3. The Morgan fingerprint density at radius 1 is 1.18 bits per heavy atom. The molecular formula is C21H30ClN3O3. The number of benzene rings is 1.